The molecule has 1 aromatic carbocycles. The molecular formula is C15H23NO3. The van der Waals surface area contributed by atoms with Gasteiger partial charge in [0.15, 0.2) is 0 Å². The summed E-state index contributed by atoms with van der Waals surface area (Å²) in [5, 5.41) is 12.9. The number of carbonyl (C=O) groups is 1. The van der Waals surface area contributed by atoms with Gasteiger partial charge in [0.1, 0.15) is 0 Å². The number of carbonyl (C=O) groups excluding carboxylic acids is 1. The van der Waals surface area contributed by atoms with Crippen molar-refractivity contribution in [2.24, 2.45) is 0 Å². The van der Waals surface area contributed by atoms with Gasteiger partial charge in [0, 0.05) is 12.6 Å². The molecule has 1 unspecified atom stereocenters. The highest BCUT2D eigenvalue weighted by atomic mass is 16.5. The normalized spacial score (nSPS) is 13.9. The number of hydrogen-bond acceptors (Lipinski definition) is 4. The predicted octanol–water partition coefficient (Wildman–Crippen LogP) is 1.96. The van der Waals surface area contributed by atoms with Crippen molar-refractivity contribution in [3.63, 3.8) is 0 Å². The lowest BCUT2D eigenvalue weighted by molar-refractivity contribution is -0.145. The molecule has 0 aromatic heterocycles. The summed E-state index contributed by atoms with van der Waals surface area (Å²) in [4.78, 5) is 11.2. The van der Waals surface area contributed by atoms with E-state index < -0.39 is 6.10 Å². The molecule has 4 nitrogen and oxygen atoms in total. The van der Waals surface area contributed by atoms with Gasteiger partial charge in [-0.2, -0.15) is 0 Å². The average molecular weight is 265 g/mol. The molecule has 1 aromatic rings. The fourth-order valence-corrected chi connectivity index (χ4v) is 1.85. The fourth-order valence-electron chi connectivity index (χ4n) is 1.85. The van der Waals surface area contributed by atoms with E-state index in [-0.39, 0.29) is 18.4 Å². The van der Waals surface area contributed by atoms with Crippen molar-refractivity contribution < 1.29 is 14.6 Å². The molecule has 4 heteroatoms. The molecule has 0 aliphatic heterocycles. The number of aliphatic hydroxyl groups is 1. The molecule has 106 valence electrons. The standard InChI is InChI=1S/C15H23NO3/c1-4-19-15(18)9-14(17)10-16-12(3)13-7-5-6-11(2)8-13/h5-8,12,14,16-17H,4,9-10H2,1-3H3/t12-,14?/m0/s1. The lowest BCUT2D eigenvalue weighted by Crippen LogP contribution is -2.31. The van der Waals surface area contributed by atoms with Gasteiger partial charge in [-0.3, -0.25) is 4.79 Å². The molecule has 1 rings (SSSR count). The minimum atomic E-state index is -0.716. The van der Waals surface area contributed by atoms with Crippen molar-refractivity contribution in [2.45, 2.75) is 39.3 Å². The number of benzene rings is 1. The summed E-state index contributed by atoms with van der Waals surface area (Å²) in [5.41, 5.74) is 2.38. The highest BCUT2D eigenvalue weighted by Crippen LogP contribution is 2.13. The maximum absolute atomic E-state index is 11.2. The summed E-state index contributed by atoms with van der Waals surface area (Å²) in [6.45, 7) is 6.55. The monoisotopic (exact) mass is 265 g/mol. The topological polar surface area (TPSA) is 58.6 Å². The second-order valence-electron chi connectivity index (χ2n) is 4.71. The molecule has 19 heavy (non-hydrogen) atoms. The van der Waals surface area contributed by atoms with E-state index >= 15 is 0 Å². The van der Waals surface area contributed by atoms with Crippen LogP contribution in [-0.4, -0.2) is 30.3 Å². The van der Waals surface area contributed by atoms with Crippen LogP contribution >= 0.6 is 0 Å². The summed E-state index contributed by atoms with van der Waals surface area (Å²) < 4.78 is 4.79. The summed E-state index contributed by atoms with van der Waals surface area (Å²) in [5.74, 6) is -0.361. The van der Waals surface area contributed by atoms with Crippen LogP contribution in [0.1, 0.15) is 37.4 Å². The van der Waals surface area contributed by atoms with Crippen LogP contribution in [0.3, 0.4) is 0 Å². The van der Waals surface area contributed by atoms with E-state index in [1.165, 1.54) is 11.1 Å². The molecule has 0 spiro atoms. The van der Waals surface area contributed by atoms with Crippen LogP contribution in [0.25, 0.3) is 0 Å². The first-order valence-corrected chi connectivity index (χ1v) is 6.66. The number of ether oxygens (including phenoxy) is 1. The zero-order chi connectivity index (χ0) is 14.3. The van der Waals surface area contributed by atoms with Gasteiger partial charge in [-0.15, -0.1) is 0 Å². The number of nitrogens with one attached hydrogen (secondary N) is 1. The Balaban J connectivity index is 2.37. The Bertz CT molecular complexity index is 406. The maximum atomic E-state index is 11.2. The van der Waals surface area contributed by atoms with Gasteiger partial charge in [0.05, 0.1) is 19.1 Å². The Labute approximate surface area is 114 Å². The first-order valence-electron chi connectivity index (χ1n) is 6.66. The van der Waals surface area contributed by atoms with Gasteiger partial charge < -0.3 is 15.2 Å². The van der Waals surface area contributed by atoms with Gasteiger partial charge in [0.25, 0.3) is 0 Å². The van der Waals surface area contributed by atoms with E-state index in [4.69, 9.17) is 4.74 Å². The van der Waals surface area contributed by atoms with Crippen molar-refractivity contribution in [1.82, 2.24) is 5.32 Å². The number of aliphatic hydroxyl groups excluding tert-OH is 1. The highest BCUT2D eigenvalue weighted by molar-refractivity contribution is 5.69. The number of hydrogen-bond donors (Lipinski definition) is 2. The largest absolute Gasteiger partial charge is 0.466 e. The van der Waals surface area contributed by atoms with Crippen LogP contribution in [-0.2, 0) is 9.53 Å². The average Bonchev–Trinajstić information content (AvgIpc) is 2.36. The van der Waals surface area contributed by atoms with Crippen LogP contribution in [0.5, 0.6) is 0 Å². The minimum Gasteiger partial charge on any atom is -0.466 e. The van der Waals surface area contributed by atoms with E-state index in [1.807, 2.05) is 32.0 Å². The van der Waals surface area contributed by atoms with Gasteiger partial charge in [-0.1, -0.05) is 29.8 Å². The van der Waals surface area contributed by atoms with Gasteiger partial charge in [-0.25, -0.2) is 0 Å². The molecule has 0 fully saturated rings. The molecule has 0 saturated heterocycles. The first-order chi connectivity index (χ1) is 9.02. The first kappa shape index (κ1) is 15.7. The maximum Gasteiger partial charge on any atom is 0.308 e. The van der Waals surface area contributed by atoms with E-state index in [9.17, 15) is 9.90 Å². The van der Waals surface area contributed by atoms with E-state index in [1.54, 1.807) is 6.92 Å². The molecule has 2 N–H and O–H groups in total. The summed E-state index contributed by atoms with van der Waals surface area (Å²) in [6.07, 6.45) is -0.687. The zero-order valence-corrected chi connectivity index (χ0v) is 11.8. The molecule has 0 saturated carbocycles. The lowest BCUT2D eigenvalue weighted by Gasteiger charge is -2.17. The lowest BCUT2D eigenvalue weighted by atomic mass is 10.1. The van der Waals surface area contributed by atoms with Crippen molar-refractivity contribution in [2.75, 3.05) is 13.2 Å². The van der Waals surface area contributed by atoms with Crippen LogP contribution in [0.2, 0.25) is 0 Å². The number of esters is 1. The molecule has 0 aliphatic carbocycles. The predicted molar refractivity (Wildman–Crippen MR) is 74.9 cm³/mol. The second-order valence-corrected chi connectivity index (χ2v) is 4.71. The van der Waals surface area contributed by atoms with E-state index in [0.717, 1.165) is 0 Å². The van der Waals surface area contributed by atoms with Crippen LogP contribution in [0, 0.1) is 6.92 Å². The van der Waals surface area contributed by atoms with Crippen molar-refractivity contribution in [3.8, 4) is 0 Å². The Morgan fingerprint density at radius 1 is 1.47 bits per heavy atom. The summed E-state index contributed by atoms with van der Waals surface area (Å²) >= 11 is 0. The molecule has 0 bridgehead atoms. The van der Waals surface area contributed by atoms with Crippen LogP contribution in [0.15, 0.2) is 24.3 Å². The Kier molecular flexibility index (Phi) is 6.53. The zero-order valence-electron chi connectivity index (χ0n) is 11.8. The van der Waals surface area contributed by atoms with Crippen LogP contribution < -0.4 is 5.32 Å². The Morgan fingerprint density at radius 3 is 2.84 bits per heavy atom. The SMILES string of the molecule is CCOC(=O)CC(O)CN[C@@H](C)c1cccc(C)c1. The molecule has 0 radical (unpaired) electrons. The molecule has 0 heterocycles. The smallest absolute Gasteiger partial charge is 0.308 e. The van der Waals surface area contributed by atoms with Crippen molar-refractivity contribution in [3.05, 3.63) is 35.4 Å². The van der Waals surface area contributed by atoms with Gasteiger partial charge >= 0.3 is 5.97 Å². The van der Waals surface area contributed by atoms with E-state index in [0.29, 0.717) is 13.2 Å². The van der Waals surface area contributed by atoms with Crippen LogP contribution in [0.4, 0.5) is 0 Å². The van der Waals surface area contributed by atoms with Gasteiger partial charge in [0.2, 0.25) is 0 Å². The van der Waals surface area contributed by atoms with Crippen molar-refractivity contribution >= 4 is 5.97 Å². The highest BCUT2D eigenvalue weighted by Gasteiger charge is 2.13. The Hall–Kier alpha value is -1.39. The minimum absolute atomic E-state index is 0.0291. The van der Waals surface area contributed by atoms with Crippen molar-refractivity contribution in [1.29, 1.82) is 0 Å². The number of aryl methyl sites for hydroxylation is 1. The third kappa shape index (κ3) is 5.85. The molecular weight excluding hydrogens is 242 g/mol. The molecule has 0 amide bonds. The molecule has 2 atom stereocenters. The third-order valence-corrected chi connectivity index (χ3v) is 2.91. The van der Waals surface area contributed by atoms with Gasteiger partial charge in [-0.05, 0) is 26.3 Å². The second kappa shape index (κ2) is 7.92. The quantitative estimate of drug-likeness (QED) is 0.740. The third-order valence-electron chi connectivity index (χ3n) is 2.91. The summed E-state index contributed by atoms with van der Waals surface area (Å²) in [6, 6.07) is 8.35. The fraction of sp³-hybridized carbons (Fsp3) is 0.533. The molecule has 0 aliphatic rings. The Morgan fingerprint density at radius 2 is 2.21 bits per heavy atom. The summed E-state index contributed by atoms with van der Waals surface area (Å²) in [7, 11) is 0. The van der Waals surface area contributed by atoms with E-state index in [2.05, 4.69) is 11.4 Å². The number of rotatable bonds is 7.